The number of aromatic nitrogens is 1. The largest absolute Gasteiger partial charge is 0.329 e. The van der Waals surface area contributed by atoms with Crippen LogP contribution in [-0.2, 0) is 0 Å². The van der Waals surface area contributed by atoms with Crippen molar-refractivity contribution in [2.75, 3.05) is 13.1 Å². The number of fused-ring (bicyclic) bond motifs is 1. The van der Waals surface area contributed by atoms with Gasteiger partial charge in [-0.05, 0) is 31.0 Å². The Morgan fingerprint density at radius 2 is 2.11 bits per heavy atom. The number of likely N-dealkylation sites (N-methyl/N-ethyl adjacent to an activating group) is 1. The normalized spacial score (nSPS) is 17.0. The molecule has 1 aromatic heterocycles. The number of pyridine rings is 1. The number of benzene rings is 1. The Morgan fingerprint density at radius 1 is 1.32 bits per heavy atom. The van der Waals surface area contributed by atoms with Crippen LogP contribution in [0.4, 0.5) is 0 Å². The second kappa shape index (κ2) is 5.27. The topological polar surface area (TPSA) is 42.1 Å². The second-order valence-electron chi connectivity index (χ2n) is 5.24. The molecule has 1 atom stereocenters. The monoisotopic (exact) mass is 255 g/mol. The molecule has 0 amide bonds. The van der Waals surface area contributed by atoms with Gasteiger partial charge in [-0.2, -0.15) is 0 Å². The number of para-hydroxylation sites is 1. The molecule has 0 spiro atoms. The van der Waals surface area contributed by atoms with Crippen LogP contribution in [0.1, 0.15) is 31.4 Å². The fourth-order valence-electron chi connectivity index (χ4n) is 2.98. The van der Waals surface area contributed by atoms with Gasteiger partial charge in [-0.1, -0.05) is 31.2 Å². The summed E-state index contributed by atoms with van der Waals surface area (Å²) >= 11 is 0. The molecule has 0 radical (unpaired) electrons. The molecule has 19 heavy (non-hydrogen) atoms. The van der Waals surface area contributed by atoms with Gasteiger partial charge in [0.05, 0.1) is 5.52 Å². The van der Waals surface area contributed by atoms with Crippen LogP contribution in [-0.4, -0.2) is 29.0 Å². The molecule has 100 valence electrons. The molecule has 3 nitrogen and oxygen atoms in total. The van der Waals surface area contributed by atoms with Crippen molar-refractivity contribution in [3.63, 3.8) is 0 Å². The van der Waals surface area contributed by atoms with Gasteiger partial charge in [0, 0.05) is 30.2 Å². The van der Waals surface area contributed by atoms with Gasteiger partial charge in [-0.3, -0.25) is 9.88 Å². The quantitative estimate of drug-likeness (QED) is 0.893. The maximum absolute atomic E-state index is 6.07. The van der Waals surface area contributed by atoms with Crippen LogP contribution in [0.25, 0.3) is 10.9 Å². The van der Waals surface area contributed by atoms with Gasteiger partial charge >= 0.3 is 0 Å². The van der Waals surface area contributed by atoms with E-state index in [0.29, 0.717) is 6.54 Å². The maximum Gasteiger partial charge on any atom is 0.0750 e. The highest BCUT2D eigenvalue weighted by molar-refractivity contribution is 5.82. The molecule has 1 heterocycles. The molecule has 2 aromatic rings. The average molecular weight is 255 g/mol. The summed E-state index contributed by atoms with van der Waals surface area (Å²) in [7, 11) is 0. The van der Waals surface area contributed by atoms with Crippen molar-refractivity contribution in [3.8, 4) is 0 Å². The molecule has 3 heteroatoms. The Bertz CT molecular complexity index is 557. The SMILES string of the molecule is CCN(C1CC1)C(CN)c1cccc2cccnc12. The zero-order valence-electron chi connectivity index (χ0n) is 11.4. The molecule has 0 aliphatic heterocycles. The lowest BCUT2D eigenvalue weighted by atomic mass is 10.0. The smallest absolute Gasteiger partial charge is 0.0750 e. The highest BCUT2D eigenvalue weighted by Crippen LogP contribution is 2.35. The zero-order valence-corrected chi connectivity index (χ0v) is 11.4. The average Bonchev–Trinajstić information content (AvgIpc) is 3.29. The van der Waals surface area contributed by atoms with Crippen molar-refractivity contribution in [2.45, 2.75) is 31.8 Å². The van der Waals surface area contributed by atoms with Gasteiger partial charge < -0.3 is 5.73 Å². The van der Waals surface area contributed by atoms with Crippen molar-refractivity contribution >= 4 is 10.9 Å². The van der Waals surface area contributed by atoms with Crippen molar-refractivity contribution in [2.24, 2.45) is 5.73 Å². The first-order valence-corrected chi connectivity index (χ1v) is 7.14. The molecule has 0 bridgehead atoms. The standard InChI is InChI=1S/C16H21N3/c1-2-19(13-8-9-13)15(11-17)14-7-3-5-12-6-4-10-18-16(12)14/h3-7,10,13,15H,2,8-9,11,17H2,1H3. The molecule has 0 saturated heterocycles. The van der Waals surface area contributed by atoms with E-state index >= 15 is 0 Å². The lowest BCUT2D eigenvalue weighted by Crippen LogP contribution is -2.35. The van der Waals surface area contributed by atoms with Gasteiger partial charge in [0.1, 0.15) is 0 Å². The van der Waals surface area contributed by atoms with Crippen LogP contribution in [0, 0.1) is 0 Å². The first kappa shape index (κ1) is 12.6. The van der Waals surface area contributed by atoms with Crippen LogP contribution < -0.4 is 5.73 Å². The van der Waals surface area contributed by atoms with Crippen LogP contribution in [0.15, 0.2) is 36.5 Å². The van der Waals surface area contributed by atoms with E-state index in [1.165, 1.54) is 23.8 Å². The lowest BCUT2D eigenvalue weighted by Gasteiger charge is -2.30. The van der Waals surface area contributed by atoms with Crippen LogP contribution in [0.2, 0.25) is 0 Å². The molecule has 1 fully saturated rings. The lowest BCUT2D eigenvalue weighted by molar-refractivity contribution is 0.203. The van der Waals surface area contributed by atoms with E-state index in [1.54, 1.807) is 0 Å². The zero-order chi connectivity index (χ0) is 13.2. The summed E-state index contributed by atoms with van der Waals surface area (Å²) in [5.41, 5.74) is 8.44. The summed E-state index contributed by atoms with van der Waals surface area (Å²) in [4.78, 5) is 7.10. The number of hydrogen-bond acceptors (Lipinski definition) is 3. The third-order valence-electron chi connectivity index (χ3n) is 4.03. The Balaban J connectivity index is 2.05. The first-order chi connectivity index (χ1) is 9.35. The van der Waals surface area contributed by atoms with E-state index in [9.17, 15) is 0 Å². The van der Waals surface area contributed by atoms with E-state index in [4.69, 9.17) is 5.73 Å². The first-order valence-electron chi connectivity index (χ1n) is 7.14. The molecular weight excluding hydrogens is 234 g/mol. The fourth-order valence-corrected chi connectivity index (χ4v) is 2.98. The molecule has 1 aromatic carbocycles. The minimum atomic E-state index is 0.288. The molecular formula is C16H21N3. The van der Waals surface area contributed by atoms with Crippen molar-refractivity contribution in [1.82, 2.24) is 9.88 Å². The van der Waals surface area contributed by atoms with Gasteiger partial charge in [0.15, 0.2) is 0 Å². The summed E-state index contributed by atoms with van der Waals surface area (Å²) < 4.78 is 0. The minimum absolute atomic E-state index is 0.288. The minimum Gasteiger partial charge on any atom is -0.329 e. The third kappa shape index (κ3) is 2.36. The third-order valence-corrected chi connectivity index (χ3v) is 4.03. The number of nitrogens with zero attached hydrogens (tertiary/aromatic N) is 2. The number of nitrogens with two attached hydrogens (primary N) is 1. The summed E-state index contributed by atoms with van der Waals surface area (Å²) in [6.07, 6.45) is 4.48. The molecule has 1 unspecified atom stereocenters. The maximum atomic E-state index is 6.07. The molecule has 1 aliphatic rings. The molecule has 2 N–H and O–H groups in total. The summed E-state index contributed by atoms with van der Waals surface area (Å²) in [5, 5.41) is 1.20. The van der Waals surface area contributed by atoms with Gasteiger partial charge in [0.2, 0.25) is 0 Å². The van der Waals surface area contributed by atoms with Crippen LogP contribution in [0.3, 0.4) is 0 Å². The molecule has 1 saturated carbocycles. The van der Waals surface area contributed by atoms with E-state index in [-0.39, 0.29) is 6.04 Å². The van der Waals surface area contributed by atoms with Gasteiger partial charge in [-0.15, -0.1) is 0 Å². The Hall–Kier alpha value is -1.45. The van der Waals surface area contributed by atoms with E-state index < -0.39 is 0 Å². The molecule has 1 aliphatic carbocycles. The van der Waals surface area contributed by atoms with E-state index in [0.717, 1.165) is 18.1 Å². The summed E-state index contributed by atoms with van der Waals surface area (Å²) in [6, 6.07) is 11.5. The van der Waals surface area contributed by atoms with E-state index in [2.05, 4.69) is 41.1 Å². The van der Waals surface area contributed by atoms with Crippen molar-refractivity contribution in [3.05, 3.63) is 42.1 Å². The Morgan fingerprint density at radius 3 is 2.79 bits per heavy atom. The summed E-state index contributed by atoms with van der Waals surface area (Å²) in [5.74, 6) is 0. The number of rotatable bonds is 5. The highest BCUT2D eigenvalue weighted by atomic mass is 15.2. The highest BCUT2D eigenvalue weighted by Gasteiger charge is 2.33. The number of hydrogen-bond donors (Lipinski definition) is 1. The van der Waals surface area contributed by atoms with Gasteiger partial charge in [0.25, 0.3) is 0 Å². The predicted octanol–water partition coefficient (Wildman–Crippen LogP) is 2.72. The van der Waals surface area contributed by atoms with Crippen LogP contribution >= 0.6 is 0 Å². The Kier molecular flexibility index (Phi) is 3.49. The van der Waals surface area contributed by atoms with Gasteiger partial charge in [-0.25, -0.2) is 0 Å². The van der Waals surface area contributed by atoms with Crippen molar-refractivity contribution in [1.29, 1.82) is 0 Å². The van der Waals surface area contributed by atoms with Crippen LogP contribution in [0.5, 0.6) is 0 Å². The summed E-state index contributed by atoms with van der Waals surface area (Å²) in [6.45, 7) is 3.93. The van der Waals surface area contributed by atoms with E-state index in [1.807, 2.05) is 12.3 Å². The second-order valence-corrected chi connectivity index (χ2v) is 5.24. The Labute approximate surface area is 114 Å². The predicted molar refractivity (Wildman–Crippen MR) is 78.9 cm³/mol. The van der Waals surface area contributed by atoms with Crippen molar-refractivity contribution < 1.29 is 0 Å². The fraction of sp³-hybridized carbons (Fsp3) is 0.438. The molecule has 3 rings (SSSR count).